The van der Waals surface area contributed by atoms with Crippen molar-refractivity contribution in [2.24, 2.45) is 0 Å². The van der Waals surface area contributed by atoms with Gasteiger partial charge in [0.15, 0.2) is 0 Å². The van der Waals surface area contributed by atoms with Gasteiger partial charge in [0.05, 0.1) is 5.52 Å². The molecule has 0 aliphatic carbocycles. The molecule has 0 radical (unpaired) electrons. The van der Waals surface area contributed by atoms with Crippen LogP contribution in [0.15, 0.2) is 71.8 Å². The van der Waals surface area contributed by atoms with Crippen molar-refractivity contribution in [3.8, 4) is 11.6 Å². The first-order chi connectivity index (χ1) is 20.3. The molecule has 0 atom stereocenters. The van der Waals surface area contributed by atoms with E-state index in [0.717, 1.165) is 40.6 Å². The summed E-state index contributed by atoms with van der Waals surface area (Å²) in [4.78, 5) is 22.9. The molecule has 4 aromatic rings. The molecule has 2 aliphatic rings. The summed E-state index contributed by atoms with van der Waals surface area (Å²) < 4.78 is 41.8. The Kier molecular flexibility index (Phi) is 7.94. The molecule has 0 unspecified atom stereocenters. The first-order valence-electron chi connectivity index (χ1n) is 14.1. The lowest BCUT2D eigenvalue weighted by Gasteiger charge is -2.33. The maximum atomic E-state index is 13.6. The van der Waals surface area contributed by atoms with E-state index < -0.39 is 10.0 Å². The largest absolute Gasteiger partial charge is 0.492 e. The highest BCUT2D eigenvalue weighted by molar-refractivity contribution is 7.89. The summed E-state index contributed by atoms with van der Waals surface area (Å²) in [5, 5.41) is 3.60. The fourth-order valence-electron chi connectivity index (χ4n) is 5.31. The first-order valence-corrected chi connectivity index (χ1v) is 15.6. The maximum absolute atomic E-state index is 13.6. The van der Waals surface area contributed by atoms with Gasteiger partial charge in [-0.05, 0) is 60.9 Å². The monoisotopic (exact) mass is 587 g/mol. The highest BCUT2D eigenvalue weighted by Gasteiger charge is 2.28. The second kappa shape index (κ2) is 11.9. The highest BCUT2D eigenvalue weighted by atomic mass is 32.2. The maximum Gasteiger partial charge on any atom is 0.244 e. The van der Waals surface area contributed by atoms with Crippen molar-refractivity contribution < 1.29 is 22.7 Å². The zero-order chi connectivity index (χ0) is 29.1. The Morgan fingerprint density at radius 3 is 2.71 bits per heavy atom. The van der Waals surface area contributed by atoms with Crippen LogP contribution in [0.5, 0.6) is 11.6 Å². The summed E-state index contributed by atoms with van der Waals surface area (Å²) in [5.74, 6) is 1.67. The van der Waals surface area contributed by atoms with E-state index in [2.05, 4.69) is 15.0 Å². The zero-order valence-electron chi connectivity index (χ0n) is 23.4. The molecule has 10 nitrogen and oxygen atoms in total. The lowest BCUT2D eigenvalue weighted by atomic mass is 10.0. The number of aryl methyl sites for hydroxylation is 2. The van der Waals surface area contributed by atoms with Crippen LogP contribution in [-0.4, -0.2) is 56.6 Å². The number of hydrogen-bond donors (Lipinski definition) is 2. The Morgan fingerprint density at radius 1 is 1.05 bits per heavy atom. The molecule has 2 aromatic heterocycles. The number of sulfonamides is 1. The van der Waals surface area contributed by atoms with E-state index in [4.69, 9.17) is 14.5 Å². The summed E-state index contributed by atoms with van der Waals surface area (Å²) in [7, 11) is -3.90. The third kappa shape index (κ3) is 6.32. The molecule has 4 heterocycles. The van der Waals surface area contributed by atoms with Crippen molar-refractivity contribution in [2.45, 2.75) is 43.6 Å². The van der Waals surface area contributed by atoms with Gasteiger partial charge in [-0.3, -0.25) is 4.79 Å². The fraction of sp³-hybridized carbons (Fsp3) is 0.323. The van der Waals surface area contributed by atoms with Gasteiger partial charge in [-0.1, -0.05) is 18.2 Å². The van der Waals surface area contributed by atoms with Crippen LogP contribution in [0.25, 0.3) is 10.9 Å². The van der Waals surface area contributed by atoms with E-state index in [0.29, 0.717) is 43.4 Å². The SMILES string of the molecule is Cc1ccnc(OC2CCN(c3nc4ccccc4cc3S(=O)(=O)NCCOc3ccc4c(c3)CCC(=O)N4)CC2)c1. The Bertz CT molecular complexity index is 1720. The first kappa shape index (κ1) is 27.9. The number of benzene rings is 2. The molecule has 2 N–H and O–H groups in total. The molecule has 0 spiro atoms. The number of carbonyl (C=O) groups excluding carboxylic acids is 1. The molecule has 0 bridgehead atoms. The van der Waals surface area contributed by atoms with Crippen LogP contribution in [-0.2, 0) is 21.2 Å². The number of aromatic nitrogens is 2. The van der Waals surface area contributed by atoms with Crippen LogP contribution in [0.2, 0.25) is 0 Å². The summed E-state index contributed by atoms with van der Waals surface area (Å²) in [6, 6.07) is 18.5. The van der Waals surface area contributed by atoms with E-state index >= 15 is 0 Å². The number of nitrogens with zero attached hydrogens (tertiary/aromatic N) is 3. The number of para-hydroxylation sites is 1. The molecule has 6 rings (SSSR count). The minimum Gasteiger partial charge on any atom is -0.492 e. The van der Waals surface area contributed by atoms with E-state index in [1.165, 1.54) is 0 Å². The normalized spacial score (nSPS) is 15.7. The molecule has 218 valence electrons. The van der Waals surface area contributed by atoms with Crippen molar-refractivity contribution in [2.75, 3.05) is 36.5 Å². The average Bonchev–Trinajstić information content (AvgIpc) is 2.99. The van der Waals surface area contributed by atoms with Crippen molar-refractivity contribution in [3.63, 3.8) is 0 Å². The van der Waals surface area contributed by atoms with Gasteiger partial charge in [0, 0.05) is 62.2 Å². The number of nitrogens with one attached hydrogen (secondary N) is 2. The molecule has 1 saturated heterocycles. The number of anilines is 2. The number of hydrogen-bond acceptors (Lipinski definition) is 8. The van der Waals surface area contributed by atoms with Crippen LogP contribution in [0.3, 0.4) is 0 Å². The zero-order valence-corrected chi connectivity index (χ0v) is 24.2. The van der Waals surface area contributed by atoms with Crippen molar-refractivity contribution >= 4 is 38.3 Å². The number of ether oxygens (including phenoxy) is 2. The quantitative estimate of drug-likeness (QED) is 0.279. The second-order valence-electron chi connectivity index (χ2n) is 10.6. The molecule has 11 heteroatoms. The standard InChI is InChI=1S/C31H33N5O5S/c1-21-10-13-32-30(18-21)41-24-11-15-36(16-12-24)31-28(20-22-4-2-3-5-26(22)35-31)42(38,39)33-14-17-40-25-7-8-27-23(19-25)6-9-29(37)34-27/h2-5,7-8,10,13,18-20,24,33H,6,9,11-12,14-17H2,1H3,(H,34,37). The number of amides is 1. The topological polar surface area (TPSA) is 123 Å². The summed E-state index contributed by atoms with van der Waals surface area (Å²) >= 11 is 0. The number of rotatable bonds is 9. The predicted octanol–water partition coefficient (Wildman–Crippen LogP) is 4.23. The Morgan fingerprint density at radius 2 is 1.88 bits per heavy atom. The molecule has 2 aliphatic heterocycles. The van der Waals surface area contributed by atoms with Gasteiger partial charge in [0.25, 0.3) is 0 Å². The molecule has 2 aromatic carbocycles. The van der Waals surface area contributed by atoms with Crippen LogP contribution in [0.4, 0.5) is 11.5 Å². The highest BCUT2D eigenvalue weighted by Crippen LogP contribution is 2.31. The molecule has 42 heavy (non-hydrogen) atoms. The molecule has 0 saturated carbocycles. The fourth-order valence-corrected chi connectivity index (χ4v) is 6.52. The van der Waals surface area contributed by atoms with E-state index in [1.54, 1.807) is 18.3 Å². The Balaban J connectivity index is 1.13. The van der Waals surface area contributed by atoms with Gasteiger partial charge in [-0.25, -0.2) is 23.1 Å². The van der Waals surface area contributed by atoms with Gasteiger partial charge in [-0.2, -0.15) is 0 Å². The molecule has 1 fully saturated rings. The van der Waals surface area contributed by atoms with Crippen molar-refractivity contribution in [1.82, 2.24) is 14.7 Å². The van der Waals surface area contributed by atoms with Crippen LogP contribution in [0, 0.1) is 6.92 Å². The van der Waals surface area contributed by atoms with Crippen molar-refractivity contribution in [3.05, 3.63) is 78.0 Å². The van der Waals surface area contributed by atoms with Gasteiger partial charge in [0.1, 0.15) is 29.2 Å². The molecular formula is C31H33N5O5S. The lowest BCUT2D eigenvalue weighted by Crippen LogP contribution is -2.40. The summed E-state index contributed by atoms with van der Waals surface area (Å²) in [6.07, 6.45) is 4.25. The Hall–Kier alpha value is -4.22. The van der Waals surface area contributed by atoms with Crippen LogP contribution >= 0.6 is 0 Å². The Labute approximate surface area is 245 Å². The van der Waals surface area contributed by atoms with Crippen molar-refractivity contribution in [1.29, 1.82) is 0 Å². The summed E-state index contributed by atoms with van der Waals surface area (Å²) in [5.41, 5.74) is 3.62. The van der Waals surface area contributed by atoms with E-state index in [-0.39, 0.29) is 30.1 Å². The van der Waals surface area contributed by atoms with E-state index in [1.807, 2.05) is 60.4 Å². The number of fused-ring (bicyclic) bond motifs is 2. The third-order valence-corrected chi connectivity index (χ3v) is 8.98. The third-order valence-electron chi connectivity index (χ3n) is 7.51. The average molecular weight is 588 g/mol. The minimum atomic E-state index is -3.90. The van der Waals surface area contributed by atoms with Gasteiger partial charge < -0.3 is 19.7 Å². The predicted molar refractivity (Wildman–Crippen MR) is 161 cm³/mol. The van der Waals surface area contributed by atoms with E-state index in [9.17, 15) is 13.2 Å². The summed E-state index contributed by atoms with van der Waals surface area (Å²) in [6.45, 7) is 3.44. The number of carbonyl (C=O) groups is 1. The lowest BCUT2D eigenvalue weighted by molar-refractivity contribution is -0.116. The number of pyridine rings is 2. The minimum absolute atomic E-state index is 0.00499. The molecule has 1 amide bonds. The smallest absolute Gasteiger partial charge is 0.244 e. The van der Waals surface area contributed by atoms with Gasteiger partial charge in [0.2, 0.25) is 21.8 Å². The molecular weight excluding hydrogens is 554 g/mol. The van der Waals surface area contributed by atoms with Gasteiger partial charge in [-0.15, -0.1) is 0 Å². The van der Waals surface area contributed by atoms with Crippen LogP contribution in [0.1, 0.15) is 30.4 Å². The van der Waals surface area contributed by atoms with Crippen LogP contribution < -0.4 is 24.4 Å². The second-order valence-corrected chi connectivity index (χ2v) is 12.3. The number of piperidine rings is 1. The van der Waals surface area contributed by atoms with Gasteiger partial charge >= 0.3 is 0 Å².